The van der Waals surface area contributed by atoms with E-state index in [1.807, 2.05) is 36.4 Å². The zero-order valence-corrected chi connectivity index (χ0v) is 14.4. The van der Waals surface area contributed by atoms with E-state index in [1.54, 1.807) is 18.5 Å². The quantitative estimate of drug-likeness (QED) is 0.406. The maximum absolute atomic E-state index is 11.8. The third-order valence-electron chi connectivity index (χ3n) is 3.47. The fourth-order valence-corrected chi connectivity index (χ4v) is 3.38. The molecule has 0 bridgehead atoms. The van der Waals surface area contributed by atoms with Crippen molar-refractivity contribution in [2.45, 2.75) is 0 Å². The summed E-state index contributed by atoms with van der Waals surface area (Å²) in [4.78, 5) is 16.5. The Morgan fingerprint density at radius 3 is 2.80 bits per heavy atom. The third kappa shape index (κ3) is 3.33. The third-order valence-corrected chi connectivity index (χ3v) is 4.64. The van der Waals surface area contributed by atoms with Crippen molar-refractivity contribution in [3.63, 3.8) is 0 Å². The molecule has 0 saturated carbocycles. The second-order valence-electron chi connectivity index (χ2n) is 5.22. The summed E-state index contributed by atoms with van der Waals surface area (Å²) in [6, 6.07) is 11.5. The van der Waals surface area contributed by atoms with Crippen LogP contribution in [0.25, 0.3) is 17.0 Å². The zero-order chi connectivity index (χ0) is 17.2. The zero-order valence-electron chi connectivity index (χ0n) is 12.8. The van der Waals surface area contributed by atoms with E-state index in [-0.39, 0.29) is 5.91 Å². The number of furan rings is 1. The molecule has 3 heterocycles. The van der Waals surface area contributed by atoms with Gasteiger partial charge in [0, 0.05) is 29.4 Å². The molecule has 0 atom stereocenters. The van der Waals surface area contributed by atoms with Crippen molar-refractivity contribution in [3.05, 3.63) is 70.6 Å². The molecule has 6 heteroatoms. The Balaban J connectivity index is 1.72. The SMILES string of the molecule is O=C1NC(=S)S/C1=C/c1cc2cncc(C#Cc3ccccc3)c2o1. The van der Waals surface area contributed by atoms with Crippen molar-refractivity contribution in [2.75, 3.05) is 0 Å². The first-order valence-electron chi connectivity index (χ1n) is 7.38. The van der Waals surface area contributed by atoms with Crippen LogP contribution in [0, 0.1) is 11.8 Å². The van der Waals surface area contributed by atoms with E-state index in [0.29, 0.717) is 26.1 Å². The van der Waals surface area contributed by atoms with Crippen LogP contribution in [0.4, 0.5) is 0 Å². The summed E-state index contributed by atoms with van der Waals surface area (Å²) >= 11 is 6.21. The summed E-state index contributed by atoms with van der Waals surface area (Å²) < 4.78 is 6.33. The number of carbonyl (C=O) groups excluding carboxylic acids is 1. The molecule has 120 valence electrons. The van der Waals surface area contributed by atoms with Crippen molar-refractivity contribution in [1.82, 2.24) is 10.3 Å². The molecule has 1 N–H and O–H groups in total. The van der Waals surface area contributed by atoms with Crippen LogP contribution in [0.1, 0.15) is 16.9 Å². The standard InChI is InChI=1S/C19H10N2O2S2/c22-18-16(25-19(24)21-18)9-15-8-14-11-20-10-13(17(14)23-15)7-6-12-4-2-1-3-5-12/h1-5,8-11H,(H,21,22,24)/b16-9+. The number of hydrogen-bond acceptors (Lipinski definition) is 5. The number of aromatic nitrogens is 1. The van der Waals surface area contributed by atoms with Gasteiger partial charge >= 0.3 is 0 Å². The average Bonchev–Trinajstić information content (AvgIpc) is 3.16. The van der Waals surface area contributed by atoms with Gasteiger partial charge in [-0.2, -0.15) is 0 Å². The molecular weight excluding hydrogens is 352 g/mol. The summed E-state index contributed by atoms with van der Waals surface area (Å²) in [7, 11) is 0. The van der Waals surface area contributed by atoms with Crippen molar-refractivity contribution in [2.24, 2.45) is 0 Å². The Kier molecular flexibility index (Phi) is 4.10. The lowest BCUT2D eigenvalue weighted by Gasteiger charge is -1.92. The van der Waals surface area contributed by atoms with Gasteiger partial charge in [-0.25, -0.2) is 0 Å². The Hall–Kier alpha value is -2.88. The lowest BCUT2D eigenvalue weighted by Crippen LogP contribution is -2.17. The molecule has 4 rings (SSSR count). The van der Waals surface area contributed by atoms with E-state index >= 15 is 0 Å². The number of nitrogens with one attached hydrogen (secondary N) is 1. The van der Waals surface area contributed by atoms with Gasteiger partial charge in [-0.15, -0.1) is 0 Å². The van der Waals surface area contributed by atoms with E-state index in [0.717, 1.165) is 10.9 Å². The van der Waals surface area contributed by atoms with Crippen molar-refractivity contribution < 1.29 is 9.21 Å². The maximum atomic E-state index is 11.8. The molecule has 4 nitrogen and oxygen atoms in total. The van der Waals surface area contributed by atoms with Crippen LogP contribution in [0.3, 0.4) is 0 Å². The molecule has 1 aliphatic rings. The summed E-state index contributed by atoms with van der Waals surface area (Å²) in [6.45, 7) is 0. The summed E-state index contributed by atoms with van der Waals surface area (Å²) in [6.07, 6.45) is 5.06. The first-order chi connectivity index (χ1) is 12.2. The second kappa shape index (κ2) is 6.55. The van der Waals surface area contributed by atoms with Crippen LogP contribution in [0.2, 0.25) is 0 Å². The predicted molar refractivity (Wildman–Crippen MR) is 103 cm³/mol. The number of nitrogens with zero attached hydrogens (tertiary/aromatic N) is 1. The molecule has 2 aromatic heterocycles. The Morgan fingerprint density at radius 2 is 2.04 bits per heavy atom. The van der Waals surface area contributed by atoms with Gasteiger partial charge in [0.05, 0.1) is 10.5 Å². The van der Waals surface area contributed by atoms with Gasteiger partial charge in [-0.1, -0.05) is 54.0 Å². The smallest absolute Gasteiger partial charge is 0.263 e. The molecule has 0 radical (unpaired) electrons. The van der Waals surface area contributed by atoms with Gasteiger partial charge in [0.1, 0.15) is 10.1 Å². The molecule has 1 aromatic carbocycles. The highest BCUT2D eigenvalue weighted by Crippen LogP contribution is 2.29. The maximum Gasteiger partial charge on any atom is 0.263 e. The summed E-state index contributed by atoms with van der Waals surface area (Å²) in [5.74, 6) is 6.54. The predicted octanol–water partition coefficient (Wildman–Crippen LogP) is 3.72. The molecule has 1 amide bonds. The van der Waals surface area contributed by atoms with E-state index < -0.39 is 0 Å². The summed E-state index contributed by atoms with van der Waals surface area (Å²) in [5.41, 5.74) is 2.27. The number of hydrogen-bond donors (Lipinski definition) is 1. The number of benzene rings is 1. The molecule has 1 saturated heterocycles. The lowest BCUT2D eigenvalue weighted by atomic mass is 10.2. The van der Waals surface area contributed by atoms with Crippen molar-refractivity contribution >= 4 is 51.3 Å². The Labute approximate surface area is 153 Å². The molecule has 3 aromatic rings. The van der Waals surface area contributed by atoms with Crippen LogP contribution in [0.15, 0.2) is 58.1 Å². The molecule has 1 fully saturated rings. The Bertz CT molecular complexity index is 1090. The highest BCUT2D eigenvalue weighted by molar-refractivity contribution is 8.26. The molecule has 0 aliphatic carbocycles. The van der Waals surface area contributed by atoms with Crippen LogP contribution in [0.5, 0.6) is 0 Å². The highest BCUT2D eigenvalue weighted by atomic mass is 32.2. The average molecular weight is 362 g/mol. The highest BCUT2D eigenvalue weighted by Gasteiger charge is 2.22. The normalized spacial score (nSPS) is 15.3. The number of pyridine rings is 1. The lowest BCUT2D eigenvalue weighted by molar-refractivity contribution is -0.115. The van der Waals surface area contributed by atoms with Crippen LogP contribution in [-0.4, -0.2) is 15.2 Å². The monoisotopic (exact) mass is 362 g/mol. The van der Waals surface area contributed by atoms with Gasteiger partial charge in [0.25, 0.3) is 5.91 Å². The number of thioether (sulfide) groups is 1. The molecule has 0 spiro atoms. The van der Waals surface area contributed by atoms with Crippen LogP contribution < -0.4 is 5.32 Å². The number of fused-ring (bicyclic) bond motifs is 1. The number of carbonyl (C=O) groups is 1. The fourth-order valence-electron chi connectivity index (χ4n) is 2.35. The van der Waals surface area contributed by atoms with Gasteiger partial charge in [-0.05, 0) is 18.2 Å². The van der Waals surface area contributed by atoms with Gasteiger partial charge in [0.2, 0.25) is 0 Å². The minimum Gasteiger partial charge on any atom is -0.455 e. The van der Waals surface area contributed by atoms with E-state index in [2.05, 4.69) is 22.1 Å². The minimum absolute atomic E-state index is 0.210. The summed E-state index contributed by atoms with van der Waals surface area (Å²) in [5, 5.41) is 3.41. The Morgan fingerprint density at radius 1 is 1.20 bits per heavy atom. The first kappa shape index (κ1) is 15.6. The first-order valence-corrected chi connectivity index (χ1v) is 8.61. The number of thiocarbonyl (C=S) groups is 1. The molecule has 25 heavy (non-hydrogen) atoms. The molecule has 0 unspecified atom stereocenters. The topological polar surface area (TPSA) is 55.1 Å². The number of rotatable bonds is 1. The largest absolute Gasteiger partial charge is 0.455 e. The van der Waals surface area contributed by atoms with E-state index in [4.69, 9.17) is 16.6 Å². The van der Waals surface area contributed by atoms with E-state index in [9.17, 15) is 4.79 Å². The number of amides is 1. The van der Waals surface area contributed by atoms with E-state index in [1.165, 1.54) is 11.8 Å². The molecular formula is C19H10N2O2S2. The molecule has 1 aliphatic heterocycles. The van der Waals surface area contributed by atoms with Crippen LogP contribution >= 0.6 is 24.0 Å². The second-order valence-corrected chi connectivity index (χ2v) is 6.94. The van der Waals surface area contributed by atoms with Crippen molar-refractivity contribution in [3.8, 4) is 11.8 Å². The van der Waals surface area contributed by atoms with Crippen LogP contribution in [-0.2, 0) is 4.79 Å². The van der Waals surface area contributed by atoms with Crippen molar-refractivity contribution in [1.29, 1.82) is 0 Å². The van der Waals surface area contributed by atoms with Gasteiger partial charge < -0.3 is 9.73 Å². The minimum atomic E-state index is -0.210. The van der Waals surface area contributed by atoms with Gasteiger partial charge in [0.15, 0.2) is 5.58 Å². The fraction of sp³-hybridized carbons (Fsp3) is 0. The van der Waals surface area contributed by atoms with Gasteiger partial charge in [-0.3, -0.25) is 9.78 Å².